The highest BCUT2D eigenvalue weighted by Gasteiger charge is 2.07. The molecule has 0 bridgehead atoms. The highest BCUT2D eigenvalue weighted by molar-refractivity contribution is 5.89. The lowest BCUT2D eigenvalue weighted by atomic mass is 10.0. The first-order valence-corrected chi connectivity index (χ1v) is 7.35. The minimum atomic E-state index is -0.0523. The Labute approximate surface area is 126 Å². The van der Waals surface area contributed by atoms with Crippen LogP contribution in [0.15, 0.2) is 54.6 Å². The molecule has 0 aromatic heterocycles. The quantitative estimate of drug-likeness (QED) is 0.838. The topological polar surface area (TPSA) is 41.1 Å². The minimum Gasteiger partial charge on any atom is -0.382 e. The third-order valence-corrected chi connectivity index (χ3v) is 3.37. The van der Waals surface area contributed by atoms with Crippen LogP contribution < -0.4 is 10.6 Å². The summed E-state index contributed by atoms with van der Waals surface area (Å²) in [4.78, 5) is 11.1. The Morgan fingerprint density at radius 3 is 2.43 bits per heavy atom. The molecule has 2 aromatic rings. The van der Waals surface area contributed by atoms with Crippen molar-refractivity contribution in [2.45, 2.75) is 32.7 Å². The largest absolute Gasteiger partial charge is 0.382 e. The van der Waals surface area contributed by atoms with E-state index in [1.165, 1.54) is 12.5 Å². The average molecular weight is 282 g/mol. The van der Waals surface area contributed by atoms with E-state index in [2.05, 4.69) is 41.8 Å². The number of hydrogen-bond acceptors (Lipinski definition) is 2. The van der Waals surface area contributed by atoms with E-state index in [4.69, 9.17) is 0 Å². The van der Waals surface area contributed by atoms with Gasteiger partial charge in [-0.15, -0.1) is 0 Å². The summed E-state index contributed by atoms with van der Waals surface area (Å²) in [6.45, 7) is 3.70. The van der Waals surface area contributed by atoms with Crippen LogP contribution in [-0.2, 0) is 11.2 Å². The predicted octanol–water partition coefficient (Wildman–Crippen LogP) is 4.08. The summed E-state index contributed by atoms with van der Waals surface area (Å²) in [7, 11) is 0. The molecule has 0 saturated heterocycles. The van der Waals surface area contributed by atoms with E-state index in [1.807, 2.05) is 30.3 Å². The van der Waals surface area contributed by atoms with Gasteiger partial charge in [-0.2, -0.15) is 0 Å². The predicted molar refractivity (Wildman–Crippen MR) is 88.6 cm³/mol. The highest BCUT2D eigenvalue weighted by Crippen LogP contribution is 2.18. The zero-order valence-electron chi connectivity index (χ0n) is 12.6. The lowest BCUT2D eigenvalue weighted by Gasteiger charge is -2.19. The first-order valence-electron chi connectivity index (χ1n) is 7.35. The molecule has 0 aliphatic rings. The van der Waals surface area contributed by atoms with Crippen LogP contribution in [-0.4, -0.2) is 11.9 Å². The van der Waals surface area contributed by atoms with Crippen molar-refractivity contribution in [3.05, 3.63) is 60.2 Å². The van der Waals surface area contributed by atoms with Gasteiger partial charge in [0.05, 0.1) is 0 Å². The molecule has 1 amide bonds. The van der Waals surface area contributed by atoms with Gasteiger partial charge in [-0.3, -0.25) is 4.79 Å². The summed E-state index contributed by atoms with van der Waals surface area (Å²) >= 11 is 0. The van der Waals surface area contributed by atoms with Crippen LogP contribution in [0.4, 0.5) is 11.4 Å². The molecule has 1 atom stereocenters. The Balaban J connectivity index is 2.02. The Bertz CT molecular complexity index is 581. The third kappa shape index (κ3) is 4.95. The molecule has 0 aliphatic heterocycles. The molecule has 3 heteroatoms. The van der Waals surface area contributed by atoms with Crippen molar-refractivity contribution >= 4 is 17.3 Å². The molecule has 2 N–H and O–H groups in total. The van der Waals surface area contributed by atoms with Crippen molar-refractivity contribution < 1.29 is 4.79 Å². The lowest BCUT2D eigenvalue weighted by molar-refractivity contribution is -0.114. The fraction of sp³-hybridized carbons (Fsp3) is 0.278. The van der Waals surface area contributed by atoms with Crippen LogP contribution in [0.25, 0.3) is 0 Å². The fourth-order valence-corrected chi connectivity index (χ4v) is 2.32. The monoisotopic (exact) mass is 282 g/mol. The molecule has 0 fully saturated rings. The number of anilines is 2. The average Bonchev–Trinajstić information content (AvgIpc) is 2.47. The maximum Gasteiger partial charge on any atom is 0.221 e. The summed E-state index contributed by atoms with van der Waals surface area (Å²) in [5, 5.41) is 6.35. The maximum atomic E-state index is 11.1. The second kappa shape index (κ2) is 7.48. The second-order valence-electron chi connectivity index (χ2n) is 5.20. The van der Waals surface area contributed by atoms with Crippen molar-refractivity contribution in [3.8, 4) is 0 Å². The van der Waals surface area contributed by atoms with Gasteiger partial charge >= 0.3 is 0 Å². The molecule has 1 unspecified atom stereocenters. The van der Waals surface area contributed by atoms with Gasteiger partial charge in [-0.1, -0.05) is 43.3 Å². The number of amides is 1. The summed E-state index contributed by atoms with van der Waals surface area (Å²) in [6.07, 6.45) is 2.03. The van der Waals surface area contributed by atoms with E-state index < -0.39 is 0 Å². The molecular formula is C18H22N2O. The van der Waals surface area contributed by atoms with Crippen LogP contribution >= 0.6 is 0 Å². The molecule has 0 radical (unpaired) electrons. The third-order valence-electron chi connectivity index (χ3n) is 3.37. The molecule has 0 aliphatic carbocycles. The number of carbonyl (C=O) groups excluding carboxylic acids is 1. The summed E-state index contributed by atoms with van der Waals surface area (Å²) < 4.78 is 0. The molecular weight excluding hydrogens is 260 g/mol. The normalized spacial score (nSPS) is 11.7. The molecule has 0 saturated carbocycles. The Morgan fingerprint density at radius 2 is 1.76 bits per heavy atom. The molecule has 2 rings (SSSR count). The van der Waals surface area contributed by atoms with Gasteiger partial charge in [0.25, 0.3) is 0 Å². The second-order valence-corrected chi connectivity index (χ2v) is 5.20. The summed E-state index contributed by atoms with van der Waals surface area (Å²) in [5.74, 6) is -0.0523. The Hall–Kier alpha value is -2.29. The standard InChI is InChI=1S/C18H22N2O/c1-3-16(12-15-8-5-4-6-9-15)20-18-11-7-10-17(13-18)19-14(2)21/h4-11,13,16,20H,3,12H2,1-2H3,(H,19,21). The molecule has 0 spiro atoms. The van der Waals surface area contributed by atoms with E-state index in [-0.39, 0.29) is 5.91 Å². The van der Waals surface area contributed by atoms with Crippen LogP contribution in [0.1, 0.15) is 25.8 Å². The first-order chi connectivity index (χ1) is 10.2. The van der Waals surface area contributed by atoms with Gasteiger partial charge in [0.1, 0.15) is 0 Å². The van der Waals surface area contributed by atoms with Gasteiger partial charge in [-0.05, 0) is 36.6 Å². The number of hydrogen-bond donors (Lipinski definition) is 2. The van der Waals surface area contributed by atoms with Gasteiger partial charge in [0.2, 0.25) is 5.91 Å². The highest BCUT2D eigenvalue weighted by atomic mass is 16.1. The van der Waals surface area contributed by atoms with Crippen molar-refractivity contribution in [1.29, 1.82) is 0 Å². The zero-order chi connectivity index (χ0) is 15.1. The van der Waals surface area contributed by atoms with Gasteiger partial charge in [0, 0.05) is 24.3 Å². The summed E-state index contributed by atoms with van der Waals surface area (Å²) in [5.41, 5.74) is 3.18. The Morgan fingerprint density at radius 1 is 1.05 bits per heavy atom. The summed E-state index contributed by atoms with van der Waals surface area (Å²) in [6, 6.07) is 18.7. The number of rotatable bonds is 6. The Kier molecular flexibility index (Phi) is 5.38. The van der Waals surface area contributed by atoms with E-state index >= 15 is 0 Å². The number of nitrogens with one attached hydrogen (secondary N) is 2. The van der Waals surface area contributed by atoms with Crippen molar-refractivity contribution in [1.82, 2.24) is 0 Å². The molecule has 3 nitrogen and oxygen atoms in total. The lowest BCUT2D eigenvalue weighted by Crippen LogP contribution is -2.21. The van der Waals surface area contributed by atoms with Crippen molar-refractivity contribution in [2.24, 2.45) is 0 Å². The smallest absolute Gasteiger partial charge is 0.221 e. The van der Waals surface area contributed by atoms with Gasteiger partial charge < -0.3 is 10.6 Å². The van der Waals surface area contributed by atoms with Crippen molar-refractivity contribution in [2.75, 3.05) is 10.6 Å². The van der Waals surface area contributed by atoms with E-state index in [1.54, 1.807) is 0 Å². The van der Waals surface area contributed by atoms with Crippen LogP contribution in [0.2, 0.25) is 0 Å². The molecule has 0 heterocycles. The number of benzene rings is 2. The molecule has 21 heavy (non-hydrogen) atoms. The van der Waals surface area contributed by atoms with E-state index in [9.17, 15) is 4.79 Å². The number of carbonyl (C=O) groups is 1. The van der Waals surface area contributed by atoms with E-state index in [0.717, 1.165) is 24.2 Å². The fourth-order valence-electron chi connectivity index (χ4n) is 2.32. The maximum absolute atomic E-state index is 11.1. The van der Waals surface area contributed by atoms with Crippen LogP contribution in [0.3, 0.4) is 0 Å². The minimum absolute atomic E-state index is 0.0523. The van der Waals surface area contributed by atoms with E-state index in [0.29, 0.717) is 6.04 Å². The first kappa shape index (κ1) is 15.1. The molecule has 110 valence electrons. The van der Waals surface area contributed by atoms with Gasteiger partial charge in [-0.25, -0.2) is 0 Å². The van der Waals surface area contributed by atoms with Crippen LogP contribution in [0, 0.1) is 0 Å². The van der Waals surface area contributed by atoms with Crippen LogP contribution in [0.5, 0.6) is 0 Å². The SMILES string of the molecule is CCC(Cc1ccccc1)Nc1cccc(NC(C)=O)c1. The van der Waals surface area contributed by atoms with Crippen molar-refractivity contribution in [3.63, 3.8) is 0 Å². The van der Waals surface area contributed by atoms with Gasteiger partial charge in [0.15, 0.2) is 0 Å². The zero-order valence-corrected chi connectivity index (χ0v) is 12.6. The molecule has 2 aromatic carbocycles.